The summed E-state index contributed by atoms with van der Waals surface area (Å²) in [6.45, 7) is 1.86. The quantitative estimate of drug-likeness (QED) is 0.823. The van der Waals surface area contributed by atoms with Crippen molar-refractivity contribution < 1.29 is 15.0 Å². The minimum absolute atomic E-state index is 0.00315. The molecule has 0 aromatic heterocycles. The van der Waals surface area contributed by atoms with Gasteiger partial charge in [-0.3, -0.25) is 4.79 Å². The molecule has 2 atom stereocenters. The zero-order valence-corrected chi connectivity index (χ0v) is 10.5. The second-order valence-electron chi connectivity index (χ2n) is 4.39. The van der Waals surface area contributed by atoms with Gasteiger partial charge in [-0.05, 0) is 36.5 Å². The van der Waals surface area contributed by atoms with E-state index in [2.05, 4.69) is 0 Å². The Labute approximate surface area is 106 Å². The molecule has 0 heterocycles. The van der Waals surface area contributed by atoms with Crippen LogP contribution in [0.25, 0.3) is 0 Å². The molecule has 0 radical (unpaired) electrons. The molecule has 94 valence electrons. The third kappa shape index (κ3) is 4.75. The van der Waals surface area contributed by atoms with E-state index in [1.165, 1.54) is 0 Å². The third-order valence-electron chi connectivity index (χ3n) is 2.74. The van der Waals surface area contributed by atoms with Gasteiger partial charge in [0.1, 0.15) is 0 Å². The van der Waals surface area contributed by atoms with Gasteiger partial charge in [-0.25, -0.2) is 0 Å². The Balaban J connectivity index is 2.66. The van der Waals surface area contributed by atoms with Gasteiger partial charge in [0.15, 0.2) is 0 Å². The topological polar surface area (TPSA) is 57.5 Å². The molecule has 3 nitrogen and oxygen atoms in total. The Morgan fingerprint density at radius 2 is 1.94 bits per heavy atom. The highest BCUT2D eigenvalue weighted by atomic mass is 35.5. The van der Waals surface area contributed by atoms with Gasteiger partial charge in [0.25, 0.3) is 0 Å². The summed E-state index contributed by atoms with van der Waals surface area (Å²) in [4.78, 5) is 11.1. The molecule has 0 fully saturated rings. The van der Waals surface area contributed by atoms with Crippen molar-refractivity contribution in [2.24, 2.45) is 11.8 Å². The number of benzene rings is 1. The van der Waals surface area contributed by atoms with Crippen molar-refractivity contribution >= 4 is 17.6 Å². The highest BCUT2D eigenvalue weighted by molar-refractivity contribution is 6.30. The fraction of sp³-hybridized carbons (Fsp3) is 0.462. The summed E-state index contributed by atoms with van der Waals surface area (Å²) in [7, 11) is 0. The molecular weight excluding hydrogens is 240 g/mol. The van der Waals surface area contributed by atoms with E-state index in [4.69, 9.17) is 21.8 Å². The van der Waals surface area contributed by atoms with Crippen molar-refractivity contribution in [3.05, 3.63) is 34.9 Å². The minimum atomic E-state index is -0.819. The van der Waals surface area contributed by atoms with Crippen LogP contribution in [0.5, 0.6) is 0 Å². The second-order valence-corrected chi connectivity index (χ2v) is 4.83. The summed E-state index contributed by atoms with van der Waals surface area (Å²) in [5, 5.41) is 18.7. The predicted octanol–water partition coefficient (Wildman–Crippen LogP) is 2.60. The molecule has 0 aliphatic rings. The summed E-state index contributed by atoms with van der Waals surface area (Å²) < 4.78 is 0. The van der Waals surface area contributed by atoms with E-state index in [1.54, 1.807) is 12.1 Å². The standard InChI is InChI=1S/C13H17ClO3/c1-9(8-15)6-11(13(16)17)7-10-2-4-12(14)5-3-10/h2-5,9,11,15H,6-8H2,1H3,(H,16,17). The Morgan fingerprint density at radius 3 is 2.41 bits per heavy atom. The first-order valence-electron chi connectivity index (χ1n) is 5.61. The molecule has 0 aliphatic heterocycles. The van der Waals surface area contributed by atoms with Gasteiger partial charge in [-0.15, -0.1) is 0 Å². The second kappa shape index (κ2) is 6.62. The summed E-state index contributed by atoms with van der Waals surface area (Å²) in [6, 6.07) is 7.18. The van der Waals surface area contributed by atoms with E-state index < -0.39 is 11.9 Å². The van der Waals surface area contributed by atoms with Crippen molar-refractivity contribution in [1.82, 2.24) is 0 Å². The number of aliphatic carboxylic acids is 1. The molecule has 0 saturated heterocycles. The van der Waals surface area contributed by atoms with Gasteiger partial charge >= 0.3 is 5.97 Å². The average Bonchev–Trinajstić information content (AvgIpc) is 2.30. The van der Waals surface area contributed by atoms with Crippen LogP contribution in [-0.2, 0) is 11.2 Å². The molecule has 0 spiro atoms. The monoisotopic (exact) mass is 256 g/mol. The lowest BCUT2D eigenvalue weighted by Crippen LogP contribution is -2.20. The van der Waals surface area contributed by atoms with Gasteiger partial charge in [0, 0.05) is 11.6 Å². The Kier molecular flexibility index (Phi) is 5.45. The Hall–Kier alpha value is -1.06. The minimum Gasteiger partial charge on any atom is -0.481 e. The fourth-order valence-corrected chi connectivity index (χ4v) is 1.86. The maximum Gasteiger partial charge on any atom is 0.306 e. The molecule has 1 rings (SSSR count). The van der Waals surface area contributed by atoms with E-state index in [-0.39, 0.29) is 12.5 Å². The van der Waals surface area contributed by atoms with Crippen LogP contribution in [0.1, 0.15) is 18.9 Å². The maximum absolute atomic E-state index is 11.1. The van der Waals surface area contributed by atoms with Crippen LogP contribution >= 0.6 is 11.6 Å². The lowest BCUT2D eigenvalue weighted by molar-refractivity contribution is -0.142. The van der Waals surface area contributed by atoms with E-state index in [0.717, 1.165) is 5.56 Å². The summed E-state index contributed by atoms with van der Waals surface area (Å²) in [5.41, 5.74) is 0.951. The first kappa shape index (κ1) is 14.0. The third-order valence-corrected chi connectivity index (χ3v) is 3.00. The lowest BCUT2D eigenvalue weighted by Gasteiger charge is -2.16. The summed E-state index contributed by atoms with van der Waals surface area (Å²) in [5.74, 6) is -1.28. The zero-order valence-electron chi connectivity index (χ0n) is 9.77. The van der Waals surface area contributed by atoms with Crippen LogP contribution in [-0.4, -0.2) is 22.8 Å². The molecule has 0 amide bonds. The Bertz CT molecular complexity index is 361. The summed E-state index contributed by atoms with van der Waals surface area (Å²) >= 11 is 5.77. The number of hydrogen-bond donors (Lipinski definition) is 2. The molecule has 2 N–H and O–H groups in total. The molecule has 0 saturated carbocycles. The maximum atomic E-state index is 11.1. The summed E-state index contributed by atoms with van der Waals surface area (Å²) in [6.07, 6.45) is 0.950. The average molecular weight is 257 g/mol. The molecule has 1 aromatic rings. The van der Waals surface area contributed by atoms with Gasteiger partial charge < -0.3 is 10.2 Å². The molecule has 1 aromatic carbocycles. The van der Waals surface area contributed by atoms with E-state index in [1.807, 2.05) is 19.1 Å². The van der Waals surface area contributed by atoms with E-state index >= 15 is 0 Å². The van der Waals surface area contributed by atoms with Crippen LogP contribution in [0.15, 0.2) is 24.3 Å². The van der Waals surface area contributed by atoms with E-state index in [9.17, 15) is 4.79 Å². The molecule has 0 bridgehead atoms. The van der Waals surface area contributed by atoms with Crippen molar-refractivity contribution in [3.63, 3.8) is 0 Å². The number of carboxylic acid groups (broad SMARTS) is 1. The van der Waals surface area contributed by atoms with Gasteiger partial charge in [0.05, 0.1) is 5.92 Å². The normalized spacial score (nSPS) is 14.3. The van der Waals surface area contributed by atoms with Gasteiger partial charge in [0.2, 0.25) is 0 Å². The zero-order chi connectivity index (χ0) is 12.8. The van der Waals surface area contributed by atoms with Crippen molar-refractivity contribution in [3.8, 4) is 0 Å². The predicted molar refractivity (Wildman–Crippen MR) is 67.1 cm³/mol. The smallest absolute Gasteiger partial charge is 0.306 e. The van der Waals surface area contributed by atoms with Gasteiger partial charge in [-0.1, -0.05) is 30.7 Å². The van der Waals surface area contributed by atoms with Crippen LogP contribution in [0.3, 0.4) is 0 Å². The Morgan fingerprint density at radius 1 is 1.35 bits per heavy atom. The van der Waals surface area contributed by atoms with Crippen LogP contribution in [0.2, 0.25) is 5.02 Å². The molecule has 2 unspecified atom stereocenters. The fourth-order valence-electron chi connectivity index (χ4n) is 1.74. The largest absolute Gasteiger partial charge is 0.481 e. The highest BCUT2D eigenvalue weighted by Crippen LogP contribution is 2.19. The molecule has 17 heavy (non-hydrogen) atoms. The number of carboxylic acids is 1. The number of carbonyl (C=O) groups is 1. The first-order valence-corrected chi connectivity index (χ1v) is 5.98. The van der Waals surface area contributed by atoms with Gasteiger partial charge in [-0.2, -0.15) is 0 Å². The number of aliphatic hydroxyl groups is 1. The SMILES string of the molecule is CC(CO)CC(Cc1ccc(Cl)cc1)C(=O)O. The highest BCUT2D eigenvalue weighted by Gasteiger charge is 2.20. The first-order chi connectivity index (χ1) is 8.02. The van der Waals surface area contributed by atoms with Crippen molar-refractivity contribution in [2.75, 3.05) is 6.61 Å². The molecule has 4 heteroatoms. The van der Waals surface area contributed by atoms with Crippen molar-refractivity contribution in [2.45, 2.75) is 19.8 Å². The number of hydrogen-bond acceptors (Lipinski definition) is 2. The number of aliphatic hydroxyl groups excluding tert-OH is 1. The van der Waals surface area contributed by atoms with E-state index in [0.29, 0.717) is 17.9 Å². The van der Waals surface area contributed by atoms with Crippen LogP contribution in [0, 0.1) is 11.8 Å². The molecule has 0 aliphatic carbocycles. The lowest BCUT2D eigenvalue weighted by atomic mass is 9.90. The van der Waals surface area contributed by atoms with Crippen molar-refractivity contribution in [1.29, 1.82) is 0 Å². The van der Waals surface area contributed by atoms with Crippen LogP contribution < -0.4 is 0 Å². The number of rotatable bonds is 6. The number of halogens is 1. The van der Waals surface area contributed by atoms with Crippen LogP contribution in [0.4, 0.5) is 0 Å². The molecular formula is C13H17ClO3.